The molecule has 12 nitrogen and oxygen atoms in total. The number of thiophene rings is 1. The fraction of sp³-hybridized carbons (Fsp3) is 0.308. The van der Waals surface area contributed by atoms with E-state index in [0.29, 0.717) is 39.7 Å². The molecule has 3 heterocycles. The number of carbonyl (C=O) groups excluding carboxylic acids is 2. The molecule has 2 aliphatic rings. The molecule has 1 saturated heterocycles. The Morgan fingerprint density at radius 3 is 2.61 bits per heavy atom. The lowest BCUT2D eigenvalue weighted by Gasteiger charge is -2.18. The summed E-state index contributed by atoms with van der Waals surface area (Å²) in [7, 11) is 0. The highest BCUT2D eigenvalue weighted by molar-refractivity contribution is 8.26. The average molecular weight is 612 g/mol. The molecule has 0 spiro atoms. The molecule has 2 aromatic heterocycles. The summed E-state index contributed by atoms with van der Waals surface area (Å²) in [5.74, 6) is 0.841. The number of hydrazine groups is 1. The summed E-state index contributed by atoms with van der Waals surface area (Å²) in [6.45, 7) is 0.659. The Kier molecular flexibility index (Phi) is 9.61. The zero-order valence-corrected chi connectivity index (χ0v) is 24.4. The summed E-state index contributed by atoms with van der Waals surface area (Å²) in [6, 6.07) is 9.24. The van der Waals surface area contributed by atoms with Crippen LogP contribution in [0.25, 0.3) is 6.08 Å². The molecule has 0 unspecified atom stereocenters. The van der Waals surface area contributed by atoms with E-state index >= 15 is 0 Å². The Hall–Kier alpha value is -3.79. The quantitative estimate of drug-likeness (QED) is 0.149. The number of nitrogens with two attached hydrogens (primary N) is 1. The lowest BCUT2D eigenvalue weighted by atomic mass is 10.2. The molecule has 0 bridgehead atoms. The minimum Gasteiger partial charge on any atom is -0.484 e. The molecule has 0 atom stereocenters. The van der Waals surface area contributed by atoms with Crippen molar-refractivity contribution in [3.63, 3.8) is 0 Å². The van der Waals surface area contributed by atoms with Gasteiger partial charge in [0.25, 0.3) is 11.8 Å². The van der Waals surface area contributed by atoms with Crippen molar-refractivity contribution in [2.45, 2.75) is 31.7 Å². The number of thioether (sulfide) groups is 1. The molecule has 15 heteroatoms. The van der Waals surface area contributed by atoms with E-state index in [0.717, 1.165) is 31.2 Å². The number of amides is 2. The number of aromatic nitrogens is 3. The third kappa shape index (κ3) is 7.91. The largest absolute Gasteiger partial charge is 0.484 e. The minimum atomic E-state index is -0.279. The van der Waals surface area contributed by atoms with E-state index in [4.69, 9.17) is 22.7 Å². The van der Waals surface area contributed by atoms with E-state index in [9.17, 15) is 9.59 Å². The molecule has 214 valence electrons. The zero-order valence-electron chi connectivity index (χ0n) is 22.0. The highest BCUT2D eigenvalue weighted by atomic mass is 32.2. The Morgan fingerprint density at radius 1 is 1.12 bits per heavy atom. The molecule has 6 N–H and O–H groups in total. The first-order chi connectivity index (χ1) is 20.0. The molecular weight excluding hydrogens is 583 g/mol. The number of hydrogen-bond acceptors (Lipinski definition) is 13. The maximum absolute atomic E-state index is 13.1. The topological polar surface area (TPSA) is 159 Å². The van der Waals surface area contributed by atoms with E-state index in [1.165, 1.54) is 16.8 Å². The Balaban J connectivity index is 1.30. The SMILES string of the molecule is NCCNC(=O)COc1ccc(Nc2nc(NC3CCCC3)nc(NN3C(=O)/C(=C/c4ccsc4)SC3=S)n2)cc1. The van der Waals surface area contributed by atoms with Crippen molar-refractivity contribution < 1.29 is 14.3 Å². The van der Waals surface area contributed by atoms with Crippen molar-refractivity contribution in [2.75, 3.05) is 35.8 Å². The van der Waals surface area contributed by atoms with E-state index in [2.05, 4.69) is 36.3 Å². The molecule has 2 amide bonds. The number of ether oxygens (including phenoxy) is 1. The first-order valence-electron chi connectivity index (χ1n) is 13.0. The number of nitrogens with zero attached hydrogens (tertiary/aromatic N) is 4. The number of benzene rings is 1. The number of thiocarbonyl (C=S) groups is 1. The van der Waals surface area contributed by atoms with Crippen LogP contribution in [0.5, 0.6) is 5.75 Å². The molecule has 0 radical (unpaired) electrons. The second kappa shape index (κ2) is 13.7. The van der Waals surface area contributed by atoms with Crippen LogP contribution in [0.3, 0.4) is 0 Å². The van der Waals surface area contributed by atoms with E-state index < -0.39 is 0 Å². The van der Waals surface area contributed by atoms with Gasteiger partial charge in [0.05, 0.1) is 4.91 Å². The Morgan fingerprint density at radius 2 is 1.88 bits per heavy atom. The van der Waals surface area contributed by atoms with Crippen molar-refractivity contribution in [3.05, 3.63) is 51.6 Å². The van der Waals surface area contributed by atoms with Crippen molar-refractivity contribution in [2.24, 2.45) is 5.73 Å². The van der Waals surface area contributed by atoms with Crippen LogP contribution >= 0.6 is 35.3 Å². The van der Waals surface area contributed by atoms with Crippen molar-refractivity contribution in [1.29, 1.82) is 0 Å². The molecule has 3 aromatic rings. The van der Waals surface area contributed by atoms with Crippen LogP contribution in [-0.2, 0) is 9.59 Å². The van der Waals surface area contributed by atoms with Crippen LogP contribution < -0.4 is 31.8 Å². The minimum absolute atomic E-state index is 0.106. The molecule has 1 aliphatic carbocycles. The first kappa shape index (κ1) is 28.7. The van der Waals surface area contributed by atoms with Crippen molar-refractivity contribution >= 4 is 81.1 Å². The summed E-state index contributed by atoms with van der Waals surface area (Å²) in [5.41, 5.74) is 10.00. The van der Waals surface area contributed by atoms with Crippen molar-refractivity contribution in [3.8, 4) is 5.75 Å². The van der Waals surface area contributed by atoms with Crippen LogP contribution in [0.15, 0.2) is 46.0 Å². The smallest absolute Gasteiger partial charge is 0.285 e. The first-order valence-corrected chi connectivity index (χ1v) is 15.2. The predicted octanol–water partition coefficient (Wildman–Crippen LogP) is 3.71. The van der Waals surface area contributed by atoms with Gasteiger partial charge in [-0.15, -0.1) is 0 Å². The summed E-state index contributed by atoms with van der Waals surface area (Å²) in [5, 5.41) is 14.4. The normalized spacial score (nSPS) is 16.3. The second-order valence-electron chi connectivity index (χ2n) is 9.19. The Bertz CT molecular complexity index is 1410. The van der Waals surface area contributed by atoms with Gasteiger partial charge in [0.2, 0.25) is 17.8 Å². The van der Waals surface area contributed by atoms with Gasteiger partial charge >= 0.3 is 0 Å². The number of carbonyl (C=O) groups is 2. The van der Waals surface area contributed by atoms with Crippen molar-refractivity contribution in [1.82, 2.24) is 25.3 Å². The van der Waals surface area contributed by atoms with Crippen LogP contribution in [0, 0.1) is 0 Å². The van der Waals surface area contributed by atoms with E-state index in [-0.39, 0.29) is 36.4 Å². The molecule has 5 rings (SSSR count). The maximum atomic E-state index is 13.1. The lowest BCUT2D eigenvalue weighted by molar-refractivity contribution is -0.123. The molecule has 2 fully saturated rings. The van der Waals surface area contributed by atoms with Gasteiger partial charge in [-0.3, -0.25) is 15.0 Å². The van der Waals surface area contributed by atoms with Gasteiger partial charge < -0.3 is 26.4 Å². The number of rotatable bonds is 12. The third-order valence-electron chi connectivity index (χ3n) is 6.12. The third-order valence-corrected chi connectivity index (χ3v) is 8.12. The Labute approximate surface area is 250 Å². The van der Waals surface area contributed by atoms with Crippen LogP contribution in [0.1, 0.15) is 31.2 Å². The van der Waals surface area contributed by atoms with E-state index in [1.807, 2.05) is 22.9 Å². The highest BCUT2D eigenvalue weighted by Gasteiger charge is 2.33. The molecular formula is C26H29N9O3S3. The number of hydrogen-bond donors (Lipinski definition) is 5. The van der Waals surface area contributed by atoms with Gasteiger partial charge in [-0.05, 0) is 77.8 Å². The summed E-state index contributed by atoms with van der Waals surface area (Å²) < 4.78 is 5.87. The second-order valence-corrected chi connectivity index (χ2v) is 11.7. The average Bonchev–Trinajstić information content (AvgIpc) is 3.72. The van der Waals surface area contributed by atoms with Gasteiger partial charge in [-0.2, -0.15) is 31.3 Å². The van der Waals surface area contributed by atoms with Gasteiger partial charge in [0, 0.05) is 24.8 Å². The van der Waals surface area contributed by atoms with Gasteiger partial charge in [0.1, 0.15) is 5.75 Å². The zero-order chi connectivity index (χ0) is 28.6. The monoisotopic (exact) mass is 611 g/mol. The maximum Gasteiger partial charge on any atom is 0.285 e. The van der Waals surface area contributed by atoms with Crippen LogP contribution in [0.2, 0.25) is 0 Å². The highest BCUT2D eigenvalue weighted by Crippen LogP contribution is 2.33. The summed E-state index contributed by atoms with van der Waals surface area (Å²) in [4.78, 5) is 38.9. The molecule has 41 heavy (non-hydrogen) atoms. The summed E-state index contributed by atoms with van der Waals surface area (Å²) >= 11 is 8.24. The lowest BCUT2D eigenvalue weighted by Crippen LogP contribution is -2.35. The predicted molar refractivity (Wildman–Crippen MR) is 166 cm³/mol. The van der Waals surface area contributed by atoms with Crippen LogP contribution in [-0.4, -0.2) is 61.8 Å². The molecule has 1 aliphatic heterocycles. The van der Waals surface area contributed by atoms with Gasteiger partial charge in [0.15, 0.2) is 10.9 Å². The van der Waals surface area contributed by atoms with E-state index in [1.54, 1.807) is 35.6 Å². The number of nitrogens with one attached hydrogen (secondary N) is 4. The van der Waals surface area contributed by atoms with Gasteiger partial charge in [-0.25, -0.2) is 0 Å². The number of anilines is 4. The summed E-state index contributed by atoms with van der Waals surface area (Å²) in [6.07, 6.45) is 6.17. The molecule has 1 saturated carbocycles. The standard InChI is InChI=1S/C26H29N9O3S3/c27-10-11-28-21(36)14-38-19-7-5-18(6-8-19)30-24-31-23(29-17-3-1-2-4-17)32-25(33-24)34-35-22(37)20(41-26(35)39)13-16-9-12-40-15-16/h5-9,12-13,15,17H,1-4,10-11,14,27H2,(H,28,36)(H3,29,30,31,32,33,34)/b20-13-. The molecule has 1 aromatic carbocycles. The van der Waals surface area contributed by atoms with Gasteiger partial charge in [-0.1, -0.05) is 24.6 Å². The fourth-order valence-electron chi connectivity index (χ4n) is 4.15. The fourth-order valence-corrected chi connectivity index (χ4v) is 5.94. The van der Waals surface area contributed by atoms with Crippen LogP contribution in [0.4, 0.5) is 23.5 Å².